The van der Waals surface area contributed by atoms with Gasteiger partial charge in [-0.15, -0.1) is 0 Å². The minimum Gasteiger partial charge on any atom is -0.212 e. The standard InChI is InChI=1S/C26H23F4N3/c1-4-12-20(26(28,29)30)25(3,21(27)13-5-2)24-32-22(18-14-8-6-9-15-18)31-23(33-24)19-16-10-7-11-17-19/h5-17H,2,4H2,1,3H3/b20-12+,21-13+. The molecule has 1 heterocycles. The molecule has 33 heavy (non-hydrogen) atoms. The van der Waals surface area contributed by atoms with Crippen LogP contribution in [0.5, 0.6) is 0 Å². The van der Waals surface area contributed by atoms with Crippen LogP contribution in [0.15, 0.2) is 96.9 Å². The van der Waals surface area contributed by atoms with Crippen LogP contribution in [-0.4, -0.2) is 21.1 Å². The van der Waals surface area contributed by atoms with E-state index in [0.717, 1.165) is 25.2 Å². The van der Waals surface area contributed by atoms with E-state index in [4.69, 9.17) is 0 Å². The highest BCUT2D eigenvalue weighted by molar-refractivity contribution is 5.61. The quantitative estimate of drug-likeness (QED) is 0.213. The van der Waals surface area contributed by atoms with E-state index in [9.17, 15) is 13.2 Å². The predicted octanol–water partition coefficient (Wildman–Crippen LogP) is 7.40. The maximum Gasteiger partial charge on any atom is 0.413 e. The molecule has 170 valence electrons. The van der Waals surface area contributed by atoms with Crippen LogP contribution in [0.3, 0.4) is 0 Å². The second-order valence-electron chi connectivity index (χ2n) is 7.44. The molecule has 3 nitrogen and oxygen atoms in total. The Hall–Kier alpha value is -3.61. The zero-order chi connectivity index (χ0) is 24.1. The molecule has 0 aliphatic carbocycles. The molecule has 0 bridgehead atoms. The lowest BCUT2D eigenvalue weighted by atomic mass is 9.78. The summed E-state index contributed by atoms with van der Waals surface area (Å²) in [5, 5.41) is 0. The van der Waals surface area contributed by atoms with Gasteiger partial charge in [0.1, 0.15) is 17.1 Å². The molecule has 1 atom stereocenters. The van der Waals surface area contributed by atoms with Crippen LogP contribution in [-0.2, 0) is 5.41 Å². The first-order valence-electron chi connectivity index (χ1n) is 10.4. The molecule has 0 amide bonds. The number of hydrogen-bond acceptors (Lipinski definition) is 3. The minimum absolute atomic E-state index is 0.0496. The molecule has 0 N–H and O–H groups in total. The fourth-order valence-electron chi connectivity index (χ4n) is 3.47. The van der Waals surface area contributed by atoms with Gasteiger partial charge in [-0.25, -0.2) is 19.3 Å². The Morgan fingerprint density at radius 2 is 1.36 bits per heavy atom. The van der Waals surface area contributed by atoms with Gasteiger partial charge in [-0.3, -0.25) is 0 Å². The second kappa shape index (κ2) is 9.90. The molecule has 0 radical (unpaired) electrons. The van der Waals surface area contributed by atoms with Crippen molar-refractivity contribution >= 4 is 0 Å². The zero-order valence-corrected chi connectivity index (χ0v) is 18.3. The number of aromatic nitrogens is 3. The van der Waals surface area contributed by atoms with Crippen molar-refractivity contribution in [1.82, 2.24) is 15.0 Å². The lowest BCUT2D eigenvalue weighted by molar-refractivity contribution is -0.100. The van der Waals surface area contributed by atoms with E-state index in [1.165, 1.54) is 0 Å². The molecule has 1 aromatic heterocycles. The summed E-state index contributed by atoms with van der Waals surface area (Å²) in [6.45, 7) is 6.13. The van der Waals surface area contributed by atoms with Crippen LogP contribution in [0.2, 0.25) is 0 Å². The van der Waals surface area contributed by atoms with Crippen molar-refractivity contribution in [3.8, 4) is 22.8 Å². The first-order chi connectivity index (χ1) is 15.7. The SMILES string of the molecule is C=C/C=C(/F)C(C)(/C(=C\CC)C(F)(F)F)c1nc(-c2ccccc2)nc(-c2ccccc2)n1. The van der Waals surface area contributed by atoms with Crippen molar-refractivity contribution in [2.75, 3.05) is 0 Å². The van der Waals surface area contributed by atoms with Crippen molar-refractivity contribution in [2.45, 2.75) is 31.9 Å². The Kier molecular flexibility index (Phi) is 7.21. The van der Waals surface area contributed by atoms with Gasteiger partial charge in [-0.05, 0) is 19.4 Å². The summed E-state index contributed by atoms with van der Waals surface area (Å²) >= 11 is 0. The van der Waals surface area contributed by atoms with Crippen molar-refractivity contribution in [3.05, 3.63) is 103 Å². The third-order valence-electron chi connectivity index (χ3n) is 5.14. The number of nitrogens with zero attached hydrogens (tertiary/aromatic N) is 3. The van der Waals surface area contributed by atoms with E-state index in [2.05, 4.69) is 21.5 Å². The molecule has 0 aliphatic heterocycles. The van der Waals surface area contributed by atoms with E-state index < -0.39 is 23.0 Å². The summed E-state index contributed by atoms with van der Waals surface area (Å²) in [6, 6.07) is 17.6. The Labute approximate surface area is 190 Å². The van der Waals surface area contributed by atoms with Gasteiger partial charge in [0, 0.05) is 16.7 Å². The lowest BCUT2D eigenvalue weighted by Crippen LogP contribution is -2.36. The second-order valence-corrected chi connectivity index (χ2v) is 7.44. The van der Waals surface area contributed by atoms with Crippen LogP contribution in [0.25, 0.3) is 22.8 Å². The first kappa shape index (κ1) is 24.0. The summed E-state index contributed by atoms with van der Waals surface area (Å²) < 4.78 is 58.0. The van der Waals surface area contributed by atoms with Gasteiger partial charge in [0.2, 0.25) is 0 Å². The van der Waals surface area contributed by atoms with Crippen LogP contribution in [0, 0.1) is 0 Å². The van der Waals surface area contributed by atoms with E-state index in [0.29, 0.717) is 11.1 Å². The van der Waals surface area contributed by atoms with Crippen molar-refractivity contribution in [3.63, 3.8) is 0 Å². The largest absolute Gasteiger partial charge is 0.413 e. The number of allylic oxidation sites excluding steroid dienone is 5. The normalized spacial score (nSPS) is 14.6. The van der Waals surface area contributed by atoms with Crippen LogP contribution >= 0.6 is 0 Å². The van der Waals surface area contributed by atoms with Crippen molar-refractivity contribution in [1.29, 1.82) is 0 Å². The van der Waals surface area contributed by atoms with Gasteiger partial charge >= 0.3 is 6.18 Å². The topological polar surface area (TPSA) is 38.7 Å². The fourth-order valence-corrected chi connectivity index (χ4v) is 3.47. The van der Waals surface area contributed by atoms with Gasteiger partial charge in [-0.2, -0.15) is 13.2 Å². The molecule has 7 heteroatoms. The Bertz CT molecular complexity index is 1110. The number of benzene rings is 2. The fraction of sp³-hybridized carbons (Fsp3) is 0.192. The average Bonchev–Trinajstić information content (AvgIpc) is 2.82. The molecule has 0 saturated carbocycles. The minimum atomic E-state index is -4.82. The molecule has 0 aliphatic rings. The monoisotopic (exact) mass is 453 g/mol. The summed E-state index contributed by atoms with van der Waals surface area (Å²) in [5.74, 6) is -1.12. The molecule has 1 unspecified atom stereocenters. The molecule has 2 aromatic carbocycles. The third-order valence-corrected chi connectivity index (χ3v) is 5.14. The number of alkyl halides is 3. The maximum atomic E-state index is 15.5. The highest BCUT2D eigenvalue weighted by atomic mass is 19.4. The first-order valence-corrected chi connectivity index (χ1v) is 10.4. The van der Waals surface area contributed by atoms with E-state index in [-0.39, 0.29) is 23.9 Å². The summed E-state index contributed by atoms with van der Waals surface area (Å²) in [4.78, 5) is 13.2. The molecular weight excluding hydrogens is 430 g/mol. The van der Waals surface area contributed by atoms with E-state index in [1.807, 2.05) is 0 Å². The predicted molar refractivity (Wildman–Crippen MR) is 122 cm³/mol. The third kappa shape index (κ3) is 5.08. The average molecular weight is 453 g/mol. The summed E-state index contributed by atoms with van der Waals surface area (Å²) in [5.41, 5.74) is -2.25. The molecule has 3 aromatic rings. The molecular formula is C26H23F4N3. The van der Waals surface area contributed by atoms with Crippen molar-refractivity contribution < 1.29 is 17.6 Å². The molecule has 0 spiro atoms. The molecule has 0 fully saturated rings. The van der Waals surface area contributed by atoms with Gasteiger partial charge in [0.25, 0.3) is 0 Å². The summed E-state index contributed by atoms with van der Waals surface area (Å²) in [7, 11) is 0. The maximum absolute atomic E-state index is 15.5. The smallest absolute Gasteiger partial charge is 0.212 e. The van der Waals surface area contributed by atoms with Gasteiger partial charge in [0.15, 0.2) is 11.6 Å². The highest BCUT2D eigenvalue weighted by Crippen LogP contribution is 2.46. The van der Waals surface area contributed by atoms with E-state index in [1.54, 1.807) is 67.6 Å². The lowest BCUT2D eigenvalue weighted by Gasteiger charge is -2.31. The Balaban J connectivity index is 2.39. The number of halogens is 4. The van der Waals surface area contributed by atoms with Crippen LogP contribution in [0.1, 0.15) is 26.1 Å². The van der Waals surface area contributed by atoms with Crippen LogP contribution in [0.4, 0.5) is 17.6 Å². The van der Waals surface area contributed by atoms with Crippen LogP contribution < -0.4 is 0 Å². The number of rotatable bonds is 7. The molecule has 3 rings (SSSR count). The zero-order valence-electron chi connectivity index (χ0n) is 18.3. The Morgan fingerprint density at radius 3 is 1.76 bits per heavy atom. The van der Waals surface area contributed by atoms with Gasteiger partial charge < -0.3 is 0 Å². The van der Waals surface area contributed by atoms with Gasteiger partial charge in [0.05, 0.1) is 0 Å². The summed E-state index contributed by atoms with van der Waals surface area (Å²) in [6.07, 6.45) is -1.80. The Morgan fingerprint density at radius 1 is 0.879 bits per heavy atom. The van der Waals surface area contributed by atoms with Crippen molar-refractivity contribution in [2.24, 2.45) is 0 Å². The molecule has 0 saturated heterocycles. The highest BCUT2D eigenvalue weighted by Gasteiger charge is 2.51. The van der Waals surface area contributed by atoms with E-state index >= 15 is 4.39 Å². The number of hydrogen-bond donors (Lipinski definition) is 0. The van der Waals surface area contributed by atoms with Gasteiger partial charge in [-0.1, -0.05) is 86.3 Å².